The van der Waals surface area contributed by atoms with Gasteiger partial charge in [0.1, 0.15) is 5.69 Å². The summed E-state index contributed by atoms with van der Waals surface area (Å²) in [5.41, 5.74) is 0.228. The number of carbonyl (C=O) groups is 1. The smallest absolute Gasteiger partial charge is 0.204 e. The van der Waals surface area contributed by atoms with Crippen molar-refractivity contribution in [3.05, 3.63) is 11.9 Å². The van der Waals surface area contributed by atoms with Crippen LogP contribution in [0.15, 0.2) is 6.20 Å². The Kier molecular flexibility index (Phi) is 4.48. The van der Waals surface area contributed by atoms with Gasteiger partial charge in [0.15, 0.2) is 5.75 Å². The van der Waals surface area contributed by atoms with E-state index < -0.39 is 0 Å². The van der Waals surface area contributed by atoms with Crippen molar-refractivity contribution in [3.8, 4) is 5.75 Å². The molecule has 5 nitrogen and oxygen atoms in total. The first kappa shape index (κ1) is 15.0. The highest BCUT2D eigenvalue weighted by molar-refractivity contribution is 6.04. The number of methoxy groups -OCH3 is 1. The van der Waals surface area contributed by atoms with E-state index in [1.54, 1.807) is 25.0 Å². The molecule has 1 heterocycles. The van der Waals surface area contributed by atoms with E-state index in [0.29, 0.717) is 11.4 Å². The summed E-state index contributed by atoms with van der Waals surface area (Å²) in [6.07, 6.45) is 5.71. The molecule has 112 valence electrons. The van der Waals surface area contributed by atoms with E-state index in [1.165, 1.54) is 0 Å². The first-order valence-electron chi connectivity index (χ1n) is 7.46. The third-order valence-corrected chi connectivity index (χ3v) is 4.56. The lowest BCUT2D eigenvalue weighted by molar-refractivity contribution is 0.0571. The van der Waals surface area contributed by atoms with Crippen molar-refractivity contribution in [3.63, 3.8) is 0 Å². The Morgan fingerprint density at radius 3 is 2.50 bits per heavy atom. The first-order valence-corrected chi connectivity index (χ1v) is 7.46. The molecule has 1 saturated carbocycles. The Morgan fingerprint density at radius 1 is 1.40 bits per heavy atom. The molecule has 0 unspecified atom stereocenters. The number of carbonyl (C=O) groups excluding carboxylic acids is 1. The molecule has 1 aromatic rings. The zero-order chi connectivity index (χ0) is 14.8. The van der Waals surface area contributed by atoms with Gasteiger partial charge >= 0.3 is 0 Å². The third kappa shape index (κ3) is 2.24. The number of ether oxygens (including phenoxy) is 1. The molecule has 0 N–H and O–H groups in total. The number of likely N-dealkylation sites (N-methyl/N-ethyl adjacent to an activating group) is 1. The maximum absolute atomic E-state index is 13.2. The van der Waals surface area contributed by atoms with Gasteiger partial charge in [0.2, 0.25) is 5.78 Å². The summed E-state index contributed by atoms with van der Waals surface area (Å²) < 4.78 is 6.96. The number of aromatic nitrogens is 2. The average molecular weight is 279 g/mol. The lowest BCUT2D eigenvalue weighted by Crippen LogP contribution is -2.53. The molecule has 1 aliphatic carbocycles. The third-order valence-electron chi connectivity index (χ3n) is 4.56. The molecule has 0 aliphatic heterocycles. The Balaban J connectivity index is 2.44. The summed E-state index contributed by atoms with van der Waals surface area (Å²) in [5.74, 6) is 0.742. The topological polar surface area (TPSA) is 47.4 Å². The van der Waals surface area contributed by atoms with Crippen LogP contribution in [-0.2, 0) is 7.05 Å². The molecule has 0 aromatic carbocycles. The minimum absolute atomic E-state index is 0.163. The monoisotopic (exact) mass is 279 g/mol. The van der Waals surface area contributed by atoms with Crippen LogP contribution in [0.2, 0.25) is 0 Å². The first-order chi connectivity index (χ1) is 9.60. The molecule has 5 heteroatoms. The second-order valence-electron chi connectivity index (χ2n) is 5.43. The molecule has 1 aliphatic rings. The summed E-state index contributed by atoms with van der Waals surface area (Å²) in [4.78, 5) is 15.5. The quantitative estimate of drug-likeness (QED) is 0.749. The summed E-state index contributed by atoms with van der Waals surface area (Å²) in [7, 11) is 3.40. The van der Waals surface area contributed by atoms with Gasteiger partial charge in [-0.15, -0.1) is 0 Å². The summed E-state index contributed by atoms with van der Waals surface area (Å²) in [6, 6.07) is 0. The largest absolute Gasteiger partial charge is 0.493 e. The zero-order valence-electron chi connectivity index (χ0n) is 13.0. The molecule has 0 atom stereocenters. The average Bonchev–Trinajstić information content (AvgIpc) is 3.07. The van der Waals surface area contributed by atoms with Gasteiger partial charge in [0.25, 0.3) is 0 Å². The van der Waals surface area contributed by atoms with E-state index in [2.05, 4.69) is 23.8 Å². The van der Waals surface area contributed by atoms with Crippen LogP contribution in [0.1, 0.15) is 50.0 Å². The summed E-state index contributed by atoms with van der Waals surface area (Å²) in [5, 5.41) is 4.17. The van der Waals surface area contributed by atoms with Crippen LogP contribution < -0.4 is 4.74 Å². The number of hydrogen-bond acceptors (Lipinski definition) is 4. The highest BCUT2D eigenvalue weighted by Crippen LogP contribution is 2.39. The fourth-order valence-electron chi connectivity index (χ4n) is 3.52. The molecule has 0 bridgehead atoms. The predicted octanol–water partition coefficient (Wildman–Crippen LogP) is 2.27. The zero-order valence-corrected chi connectivity index (χ0v) is 13.0. The van der Waals surface area contributed by atoms with Gasteiger partial charge in [-0.25, -0.2) is 0 Å². The Morgan fingerprint density at radius 2 is 2.00 bits per heavy atom. The van der Waals surface area contributed by atoms with Gasteiger partial charge in [-0.2, -0.15) is 5.10 Å². The highest BCUT2D eigenvalue weighted by atomic mass is 16.5. The maximum atomic E-state index is 13.2. The Bertz CT molecular complexity index is 471. The van der Waals surface area contributed by atoms with Crippen LogP contribution in [-0.4, -0.2) is 46.2 Å². The molecule has 0 spiro atoms. The van der Waals surface area contributed by atoms with E-state index in [1.807, 2.05) is 0 Å². The molecule has 0 saturated heterocycles. The minimum atomic E-state index is -0.370. The van der Waals surface area contributed by atoms with Crippen molar-refractivity contribution >= 4 is 5.78 Å². The van der Waals surface area contributed by atoms with Crippen LogP contribution in [0.3, 0.4) is 0 Å². The van der Waals surface area contributed by atoms with E-state index in [4.69, 9.17) is 4.74 Å². The minimum Gasteiger partial charge on any atom is -0.493 e. The number of aryl methyl sites for hydroxylation is 1. The van der Waals surface area contributed by atoms with Crippen molar-refractivity contribution in [2.24, 2.45) is 7.05 Å². The fourth-order valence-corrected chi connectivity index (χ4v) is 3.52. The molecular formula is C15H25N3O2. The van der Waals surface area contributed by atoms with Crippen molar-refractivity contribution in [2.75, 3.05) is 20.2 Å². The van der Waals surface area contributed by atoms with E-state index in [9.17, 15) is 4.79 Å². The van der Waals surface area contributed by atoms with Crippen molar-refractivity contribution < 1.29 is 9.53 Å². The van der Waals surface area contributed by atoms with Crippen molar-refractivity contribution in [1.29, 1.82) is 0 Å². The predicted molar refractivity (Wildman–Crippen MR) is 78.2 cm³/mol. The summed E-state index contributed by atoms with van der Waals surface area (Å²) >= 11 is 0. The number of Topliss-reactive ketones (excluding diaryl/α,β-unsaturated/α-hetero) is 1. The standard InChI is InChI=1S/C15H25N3O2/c1-5-18(6-2)15(9-7-8-10-15)14(19)13-12(20-4)11-16-17(13)3/h11H,5-10H2,1-4H3. The van der Waals surface area contributed by atoms with Gasteiger partial charge in [-0.1, -0.05) is 26.7 Å². The van der Waals surface area contributed by atoms with E-state index in [-0.39, 0.29) is 11.3 Å². The second-order valence-corrected chi connectivity index (χ2v) is 5.43. The summed E-state index contributed by atoms with van der Waals surface area (Å²) in [6.45, 7) is 6.03. The van der Waals surface area contributed by atoms with Crippen LogP contribution >= 0.6 is 0 Å². The van der Waals surface area contributed by atoms with Crippen LogP contribution in [0.4, 0.5) is 0 Å². The Hall–Kier alpha value is -1.36. The number of rotatable bonds is 6. The van der Waals surface area contributed by atoms with E-state index in [0.717, 1.165) is 38.8 Å². The van der Waals surface area contributed by atoms with Crippen molar-refractivity contribution in [1.82, 2.24) is 14.7 Å². The molecule has 1 aromatic heterocycles. The SMILES string of the molecule is CCN(CC)C1(C(=O)c2c(OC)cnn2C)CCCC1. The fraction of sp³-hybridized carbons (Fsp3) is 0.733. The number of ketones is 1. The number of hydrogen-bond donors (Lipinski definition) is 0. The molecule has 0 amide bonds. The lowest BCUT2D eigenvalue weighted by Gasteiger charge is -2.38. The maximum Gasteiger partial charge on any atom is 0.204 e. The Labute approximate surface area is 120 Å². The van der Waals surface area contributed by atoms with Gasteiger partial charge in [-0.05, 0) is 25.9 Å². The molecule has 0 radical (unpaired) electrons. The molecule has 20 heavy (non-hydrogen) atoms. The molecule has 1 fully saturated rings. The van der Waals surface area contributed by atoms with Crippen LogP contribution in [0.25, 0.3) is 0 Å². The second kappa shape index (κ2) is 5.95. The van der Waals surface area contributed by atoms with Gasteiger partial charge in [-0.3, -0.25) is 14.4 Å². The normalized spacial score (nSPS) is 17.6. The number of nitrogens with zero attached hydrogens (tertiary/aromatic N) is 3. The van der Waals surface area contributed by atoms with E-state index >= 15 is 0 Å². The van der Waals surface area contributed by atoms with Gasteiger partial charge in [0.05, 0.1) is 18.8 Å². The highest BCUT2D eigenvalue weighted by Gasteiger charge is 2.47. The van der Waals surface area contributed by atoms with Gasteiger partial charge in [0, 0.05) is 7.05 Å². The lowest BCUT2D eigenvalue weighted by atomic mass is 9.87. The van der Waals surface area contributed by atoms with Crippen LogP contribution in [0.5, 0.6) is 5.75 Å². The molecular weight excluding hydrogens is 254 g/mol. The molecule has 2 rings (SSSR count). The van der Waals surface area contributed by atoms with Crippen LogP contribution in [0, 0.1) is 0 Å². The van der Waals surface area contributed by atoms with Gasteiger partial charge < -0.3 is 4.74 Å². The van der Waals surface area contributed by atoms with Crippen molar-refractivity contribution in [2.45, 2.75) is 45.1 Å².